The molecule has 2 heterocycles. The maximum atomic E-state index is 13.1. The molecule has 6 atom stereocenters. The first-order valence-electron chi connectivity index (χ1n) is 12.3. The molecule has 0 bridgehead atoms. The number of thiazole rings is 1. The molecular formula is C25H35N7O4S. The molecule has 1 aliphatic heterocycles. The number of carbonyl (C=O) groups excluding carboxylic acids is 2. The molecule has 0 spiro atoms. The van der Waals surface area contributed by atoms with Crippen LogP contribution in [0.25, 0.3) is 0 Å². The van der Waals surface area contributed by atoms with Gasteiger partial charge in [-0.05, 0) is 37.5 Å². The van der Waals surface area contributed by atoms with Crippen molar-refractivity contribution in [2.24, 2.45) is 11.7 Å². The van der Waals surface area contributed by atoms with Crippen LogP contribution < -0.4 is 21.7 Å². The normalized spacial score (nSPS) is 23.8. The molecule has 0 radical (unpaired) electrons. The van der Waals surface area contributed by atoms with Crippen molar-refractivity contribution in [3.63, 3.8) is 0 Å². The molecule has 3 rings (SSSR count). The van der Waals surface area contributed by atoms with E-state index in [-0.39, 0.29) is 12.0 Å². The highest BCUT2D eigenvalue weighted by Gasteiger charge is 2.40. The number of hydrogen-bond acceptors (Lipinski definition) is 10. The lowest BCUT2D eigenvalue weighted by atomic mass is 9.90. The van der Waals surface area contributed by atoms with Gasteiger partial charge in [-0.1, -0.05) is 42.6 Å². The fourth-order valence-corrected chi connectivity index (χ4v) is 5.26. The van der Waals surface area contributed by atoms with Crippen molar-refractivity contribution in [2.45, 2.75) is 57.0 Å². The zero-order valence-electron chi connectivity index (χ0n) is 21.2. The molecule has 1 aliphatic carbocycles. The van der Waals surface area contributed by atoms with Gasteiger partial charge in [0.25, 0.3) is 11.8 Å². The predicted molar refractivity (Wildman–Crippen MR) is 141 cm³/mol. The molecule has 0 aromatic carbocycles. The largest absolute Gasteiger partial charge is 0.384 e. The molecule has 200 valence electrons. The molecule has 37 heavy (non-hydrogen) atoms. The van der Waals surface area contributed by atoms with Gasteiger partial charge in [-0.2, -0.15) is 5.26 Å². The van der Waals surface area contributed by atoms with Gasteiger partial charge in [0.1, 0.15) is 10.9 Å². The highest BCUT2D eigenvalue weighted by molar-refractivity contribution is 7.16. The van der Waals surface area contributed by atoms with E-state index in [1.54, 1.807) is 14.0 Å². The average Bonchev–Trinajstić information content (AvgIpc) is 3.55. The second-order valence-corrected chi connectivity index (χ2v) is 10.1. The summed E-state index contributed by atoms with van der Waals surface area (Å²) in [5, 5.41) is 40.0. The maximum absolute atomic E-state index is 13.1. The lowest BCUT2D eigenvalue weighted by molar-refractivity contribution is -0.154. The standard InChI is InChI=1S/C25H35N7O4S/c1-14-12-16(7-8-17(14)29-10-5-9-26)15(2)30-23(35)21(33)22(34)24(36)32-11-4-6-18(32)20-19(13-27)37-25(28-3)31-20/h5,7-8,10,12,14-15,17-18,21-22,29,33-34H,4,6,9,11,26H2,1-3H3,(H,28,31)(H,30,35)/b10-5-/t14?,15-,17?,18?,21-,22-/m1/s1. The van der Waals surface area contributed by atoms with Gasteiger partial charge in [0.05, 0.1) is 23.8 Å². The number of anilines is 1. The molecule has 3 unspecified atom stereocenters. The zero-order valence-corrected chi connectivity index (χ0v) is 22.0. The number of nitrogens with two attached hydrogens (primary N) is 1. The van der Waals surface area contributed by atoms with Crippen LogP contribution in [0.1, 0.15) is 43.3 Å². The first-order valence-corrected chi connectivity index (χ1v) is 13.1. The molecule has 2 aliphatic rings. The smallest absolute Gasteiger partial charge is 0.255 e. The van der Waals surface area contributed by atoms with E-state index in [1.807, 2.05) is 37.4 Å². The molecule has 7 N–H and O–H groups in total. The highest BCUT2D eigenvalue weighted by Crippen LogP contribution is 2.37. The van der Waals surface area contributed by atoms with Crippen molar-refractivity contribution in [1.82, 2.24) is 20.5 Å². The summed E-state index contributed by atoms with van der Waals surface area (Å²) in [5.41, 5.74) is 6.77. The minimum absolute atomic E-state index is 0.0799. The van der Waals surface area contributed by atoms with E-state index in [1.165, 1.54) is 16.2 Å². The van der Waals surface area contributed by atoms with Crippen LogP contribution in [0.15, 0.2) is 36.1 Å². The van der Waals surface area contributed by atoms with E-state index in [0.29, 0.717) is 41.6 Å². The fourth-order valence-electron chi connectivity index (χ4n) is 4.49. The Bertz CT molecular complexity index is 1110. The third-order valence-corrected chi connectivity index (χ3v) is 7.55. The number of nitrogens with one attached hydrogen (secondary N) is 3. The van der Waals surface area contributed by atoms with Crippen molar-refractivity contribution < 1.29 is 19.8 Å². The molecule has 1 saturated heterocycles. The zero-order chi connectivity index (χ0) is 27.1. The van der Waals surface area contributed by atoms with Crippen LogP contribution in [-0.2, 0) is 9.59 Å². The number of amides is 2. The minimum atomic E-state index is -1.95. The SMILES string of the molecule is CNc1nc(C2CCCN2C(=O)[C@H](O)[C@@H](O)C(=O)N[C@H](C)C2=CC(C)C(N/C=C\CN)C=C2)c(C#N)s1. The Morgan fingerprint density at radius 3 is 2.81 bits per heavy atom. The first-order chi connectivity index (χ1) is 17.7. The number of hydrogen-bond donors (Lipinski definition) is 6. The number of aromatic nitrogens is 1. The van der Waals surface area contributed by atoms with Crippen LogP contribution in [0.2, 0.25) is 0 Å². The second-order valence-electron chi connectivity index (χ2n) is 9.12. The van der Waals surface area contributed by atoms with Crippen molar-refractivity contribution in [3.05, 3.63) is 46.6 Å². The van der Waals surface area contributed by atoms with Crippen LogP contribution in [-0.4, -0.2) is 76.3 Å². The van der Waals surface area contributed by atoms with E-state index >= 15 is 0 Å². The minimum Gasteiger partial charge on any atom is -0.384 e. The monoisotopic (exact) mass is 529 g/mol. The van der Waals surface area contributed by atoms with Crippen LogP contribution in [0, 0.1) is 17.2 Å². The van der Waals surface area contributed by atoms with Gasteiger partial charge in [0.15, 0.2) is 17.3 Å². The van der Waals surface area contributed by atoms with E-state index in [4.69, 9.17) is 5.73 Å². The van der Waals surface area contributed by atoms with Gasteiger partial charge in [0.2, 0.25) is 0 Å². The topological polar surface area (TPSA) is 177 Å². The van der Waals surface area contributed by atoms with Crippen LogP contribution in [0.4, 0.5) is 5.13 Å². The molecular weight excluding hydrogens is 494 g/mol. The summed E-state index contributed by atoms with van der Waals surface area (Å²) in [4.78, 5) is 32.0. The third kappa shape index (κ3) is 6.56. The summed E-state index contributed by atoms with van der Waals surface area (Å²) in [6, 6.07) is 1.23. The van der Waals surface area contributed by atoms with Crippen LogP contribution in [0.5, 0.6) is 0 Å². The molecule has 2 amide bonds. The Morgan fingerprint density at radius 2 is 2.16 bits per heavy atom. The van der Waals surface area contributed by atoms with Gasteiger partial charge in [0, 0.05) is 20.1 Å². The van der Waals surface area contributed by atoms with Gasteiger partial charge in [-0.15, -0.1) is 0 Å². The maximum Gasteiger partial charge on any atom is 0.255 e. The summed E-state index contributed by atoms with van der Waals surface area (Å²) in [6.07, 6.45) is 6.84. The molecule has 0 saturated carbocycles. The second kappa shape index (κ2) is 12.8. The fraction of sp³-hybridized carbons (Fsp3) is 0.520. The molecule has 11 nitrogen and oxygen atoms in total. The Balaban J connectivity index is 1.62. The molecule has 1 aromatic rings. The van der Waals surface area contributed by atoms with Crippen molar-refractivity contribution >= 4 is 28.3 Å². The molecule has 1 aromatic heterocycles. The third-order valence-electron chi connectivity index (χ3n) is 6.56. The lowest BCUT2D eigenvalue weighted by Crippen LogP contribution is -2.52. The van der Waals surface area contributed by atoms with E-state index in [0.717, 1.165) is 5.57 Å². The van der Waals surface area contributed by atoms with Gasteiger partial charge >= 0.3 is 0 Å². The Hall–Kier alpha value is -3.24. The van der Waals surface area contributed by atoms with Crippen LogP contribution >= 0.6 is 11.3 Å². The van der Waals surface area contributed by atoms with E-state index < -0.39 is 36.1 Å². The molecule has 1 fully saturated rings. The van der Waals surface area contributed by atoms with Gasteiger partial charge < -0.3 is 36.8 Å². The lowest BCUT2D eigenvalue weighted by Gasteiger charge is -2.29. The predicted octanol–water partition coefficient (Wildman–Crippen LogP) is 0.509. The Morgan fingerprint density at radius 1 is 1.41 bits per heavy atom. The summed E-state index contributed by atoms with van der Waals surface area (Å²) < 4.78 is 0. The summed E-state index contributed by atoms with van der Waals surface area (Å²) >= 11 is 1.18. The summed E-state index contributed by atoms with van der Waals surface area (Å²) in [7, 11) is 1.69. The van der Waals surface area contributed by atoms with Crippen molar-refractivity contribution in [3.8, 4) is 6.07 Å². The first kappa shape index (κ1) is 28.3. The van der Waals surface area contributed by atoms with Gasteiger partial charge in [-0.25, -0.2) is 4.98 Å². The number of likely N-dealkylation sites (tertiary alicyclic amines) is 1. The number of aliphatic hydroxyl groups is 2. The van der Waals surface area contributed by atoms with Crippen molar-refractivity contribution in [1.29, 1.82) is 5.26 Å². The quantitative estimate of drug-likeness (QED) is 0.252. The number of rotatable bonds is 10. The molecule has 12 heteroatoms. The number of nitriles is 1. The summed E-state index contributed by atoms with van der Waals surface area (Å²) in [6.45, 7) is 4.58. The Labute approximate surface area is 220 Å². The number of nitrogens with zero attached hydrogens (tertiary/aromatic N) is 3. The van der Waals surface area contributed by atoms with Gasteiger partial charge in [-0.3, -0.25) is 9.59 Å². The van der Waals surface area contributed by atoms with E-state index in [2.05, 4.69) is 27.0 Å². The number of carbonyl (C=O) groups is 2. The van der Waals surface area contributed by atoms with E-state index in [9.17, 15) is 25.1 Å². The Kier molecular flexibility index (Phi) is 9.82. The highest BCUT2D eigenvalue weighted by atomic mass is 32.1. The number of aliphatic hydroxyl groups excluding tert-OH is 2. The average molecular weight is 530 g/mol. The van der Waals surface area contributed by atoms with Crippen LogP contribution in [0.3, 0.4) is 0 Å². The summed E-state index contributed by atoms with van der Waals surface area (Å²) in [5.74, 6) is -1.48. The van der Waals surface area contributed by atoms with Crippen molar-refractivity contribution in [2.75, 3.05) is 25.5 Å².